The Morgan fingerprint density at radius 3 is 2.63 bits per heavy atom. The number of nitrogens with two attached hydrogens (primary N) is 1. The van der Waals surface area contributed by atoms with Crippen LogP contribution in [-0.2, 0) is 0 Å². The van der Waals surface area contributed by atoms with Crippen LogP contribution in [0.25, 0.3) is 16.7 Å². The molecule has 2 aromatic carbocycles. The highest BCUT2D eigenvalue weighted by Gasteiger charge is 2.12. The Morgan fingerprint density at radius 2 is 1.89 bits per heavy atom. The van der Waals surface area contributed by atoms with Gasteiger partial charge in [-0.3, -0.25) is 4.57 Å². The van der Waals surface area contributed by atoms with Crippen molar-refractivity contribution in [2.45, 2.75) is 6.92 Å². The number of imidazole rings is 1. The molecule has 3 rings (SSSR count). The first-order chi connectivity index (χ1) is 9.06. The molecule has 0 bridgehead atoms. The Hall–Kier alpha value is -1.71. The first kappa shape index (κ1) is 12.3. The largest absolute Gasteiger partial charge is 0.369 e. The maximum absolute atomic E-state index is 6.29. The lowest BCUT2D eigenvalue weighted by Gasteiger charge is -2.09. The van der Waals surface area contributed by atoms with E-state index < -0.39 is 0 Å². The van der Waals surface area contributed by atoms with E-state index in [4.69, 9.17) is 28.9 Å². The number of benzene rings is 2. The van der Waals surface area contributed by atoms with Crippen molar-refractivity contribution in [2.24, 2.45) is 0 Å². The van der Waals surface area contributed by atoms with E-state index in [-0.39, 0.29) is 0 Å². The lowest BCUT2D eigenvalue weighted by atomic mass is 10.2. The van der Waals surface area contributed by atoms with Gasteiger partial charge < -0.3 is 5.73 Å². The van der Waals surface area contributed by atoms with E-state index in [1.54, 1.807) is 6.07 Å². The quantitative estimate of drug-likeness (QED) is 0.729. The molecule has 19 heavy (non-hydrogen) atoms. The summed E-state index contributed by atoms with van der Waals surface area (Å²) in [6, 6.07) is 11.3. The molecule has 0 saturated heterocycles. The Balaban J connectivity index is 2.33. The number of hydrogen-bond donors (Lipinski definition) is 1. The van der Waals surface area contributed by atoms with Gasteiger partial charge in [0.25, 0.3) is 0 Å². The molecular formula is C14H11Cl2N3. The SMILES string of the molecule is Cc1ccc(-n2c(N)nc3cc(Cl)ccc32)c(Cl)c1. The molecule has 0 radical (unpaired) electrons. The highest BCUT2D eigenvalue weighted by atomic mass is 35.5. The molecule has 1 aromatic heterocycles. The summed E-state index contributed by atoms with van der Waals surface area (Å²) in [6.45, 7) is 1.99. The fraction of sp³-hybridized carbons (Fsp3) is 0.0714. The number of aryl methyl sites for hydroxylation is 1. The molecule has 0 spiro atoms. The van der Waals surface area contributed by atoms with Crippen molar-refractivity contribution in [1.29, 1.82) is 0 Å². The molecule has 96 valence electrons. The van der Waals surface area contributed by atoms with Gasteiger partial charge >= 0.3 is 0 Å². The minimum atomic E-state index is 0.392. The van der Waals surface area contributed by atoms with Crippen LogP contribution < -0.4 is 5.73 Å². The summed E-state index contributed by atoms with van der Waals surface area (Å²) in [5, 5.41) is 1.27. The molecule has 1 heterocycles. The van der Waals surface area contributed by atoms with E-state index in [0.717, 1.165) is 22.3 Å². The number of halogens is 2. The molecular weight excluding hydrogens is 281 g/mol. The number of rotatable bonds is 1. The Labute approximate surface area is 120 Å². The summed E-state index contributed by atoms with van der Waals surface area (Å²) >= 11 is 12.3. The lowest BCUT2D eigenvalue weighted by molar-refractivity contribution is 1.11. The molecule has 0 atom stereocenters. The third kappa shape index (κ3) is 2.05. The minimum absolute atomic E-state index is 0.392. The molecule has 3 aromatic rings. The molecule has 0 unspecified atom stereocenters. The normalized spacial score (nSPS) is 11.1. The average molecular weight is 292 g/mol. The summed E-state index contributed by atoms with van der Waals surface area (Å²) in [5.41, 5.74) is 9.54. The van der Waals surface area contributed by atoms with Gasteiger partial charge in [0, 0.05) is 5.02 Å². The van der Waals surface area contributed by atoms with Crippen molar-refractivity contribution >= 4 is 40.2 Å². The predicted molar refractivity (Wildman–Crippen MR) is 80.2 cm³/mol. The fourth-order valence-electron chi connectivity index (χ4n) is 2.12. The van der Waals surface area contributed by atoms with Gasteiger partial charge in [0.05, 0.1) is 21.7 Å². The number of fused-ring (bicyclic) bond motifs is 1. The van der Waals surface area contributed by atoms with Crippen LogP contribution >= 0.6 is 23.2 Å². The van der Waals surface area contributed by atoms with Crippen molar-refractivity contribution in [1.82, 2.24) is 9.55 Å². The van der Waals surface area contributed by atoms with Crippen LogP contribution in [0.3, 0.4) is 0 Å². The maximum Gasteiger partial charge on any atom is 0.205 e. The van der Waals surface area contributed by atoms with Crippen LogP contribution in [-0.4, -0.2) is 9.55 Å². The van der Waals surface area contributed by atoms with E-state index in [2.05, 4.69) is 4.98 Å². The number of anilines is 1. The average Bonchev–Trinajstić information content (AvgIpc) is 2.65. The monoisotopic (exact) mass is 291 g/mol. The molecule has 0 aliphatic heterocycles. The molecule has 2 N–H and O–H groups in total. The second-order valence-electron chi connectivity index (χ2n) is 4.39. The topological polar surface area (TPSA) is 43.8 Å². The summed E-state index contributed by atoms with van der Waals surface area (Å²) in [5.74, 6) is 0.392. The van der Waals surface area contributed by atoms with Crippen LogP contribution in [0.5, 0.6) is 0 Å². The zero-order valence-electron chi connectivity index (χ0n) is 10.2. The highest BCUT2D eigenvalue weighted by molar-refractivity contribution is 6.32. The van der Waals surface area contributed by atoms with Crippen molar-refractivity contribution in [2.75, 3.05) is 5.73 Å². The van der Waals surface area contributed by atoms with Gasteiger partial charge in [-0.2, -0.15) is 0 Å². The Bertz CT molecular complexity index is 778. The molecule has 0 fully saturated rings. The third-order valence-corrected chi connectivity index (χ3v) is 3.52. The molecule has 3 nitrogen and oxygen atoms in total. The summed E-state index contributed by atoms with van der Waals surface area (Å²) in [4.78, 5) is 4.31. The van der Waals surface area contributed by atoms with Crippen molar-refractivity contribution < 1.29 is 0 Å². The van der Waals surface area contributed by atoms with Crippen LogP contribution in [0.1, 0.15) is 5.56 Å². The summed E-state index contributed by atoms with van der Waals surface area (Å²) < 4.78 is 1.83. The second-order valence-corrected chi connectivity index (χ2v) is 5.24. The molecule has 0 aliphatic carbocycles. The van der Waals surface area contributed by atoms with E-state index in [0.29, 0.717) is 16.0 Å². The fourth-order valence-corrected chi connectivity index (χ4v) is 2.60. The highest BCUT2D eigenvalue weighted by Crippen LogP contribution is 2.29. The Morgan fingerprint density at radius 1 is 1.11 bits per heavy atom. The van der Waals surface area contributed by atoms with Crippen molar-refractivity contribution in [3.63, 3.8) is 0 Å². The number of hydrogen-bond acceptors (Lipinski definition) is 2. The van der Waals surface area contributed by atoms with E-state index in [1.165, 1.54) is 0 Å². The van der Waals surface area contributed by atoms with Gasteiger partial charge in [-0.25, -0.2) is 4.98 Å². The standard InChI is InChI=1S/C14H11Cl2N3/c1-8-2-4-12(10(16)6-8)19-13-5-3-9(15)7-11(13)18-14(19)17/h2-7H,1H3,(H2,17,18). The number of nitrogen functional groups attached to an aromatic ring is 1. The Kier molecular flexibility index (Phi) is 2.88. The summed E-state index contributed by atoms with van der Waals surface area (Å²) in [7, 11) is 0. The molecule has 0 amide bonds. The first-order valence-corrected chi connectivity index (χ1v) is 6.52. The zero-order chi connectivity index (χ0) is 13.6. The molecule has 5 heteroatoms. The second kappa shape index (κ2) is 4.44. The minimum Gasteiger partial charge on any atom is -0.369 e. The van der Waals surface area contributed by atoms with Gasteiger partial charge in [0.1, 0.15) is 0 Å². The van der Waals surface area contributed by atoms with Gasteiger partial charge in [-0.1, -0.05) is 29.3 Å². The predicted octanol–water partition coefficient (Wildman–Crippen LogP) is 4.22. The van der Waals surface area contributed by atoms with Crippen LogP contribution in [0.2, 0.25) is 10.0 Å². The molecule has 0 aliphatic rings. The van der Waals surface area contributed by atoms with Crippen LogP contribution in [0.15, 0.2) is 36.4 Å². The lowest BCUT2D eigenvalue weighted by Crippen LogP contribution is -2.01. The third-order valence-electron chi connectivity index (χ3n) is 2.99. The summed E-state index contributed by atoms with van der Waals surface area (Å²) in [6.07, 6.45) is 0. The van der Waals surface area contributed by atoms with Gasteiger partial charge in [-0.15, -0.1) is 0 Å². The molecule has 0 saturated carbocycles. The first-order valence-electron chi connectivity index (χ1n) is 5.76. The number of nitrogens with zero attached hydrogens (tertiary/aromatic N) is 2. The van der Waals surface area contributed by atoms with E-state index in [1.807, 2.05) is 41.8 Å². The van der Waals surface area contributed by atoms with Gasteiger partial charge in [-0.05, 0) is 42.8 Å². The number of aromatic nitrogens is 2. The van der Waals surface area contributed by atoms with Gasteiger partial charge in [0.2, 0.25) is 5.95 Å². The zero-order valence-corrected chi connectivity index (χ0v) is 11.7. The van der Waals surface area contributed by atoms with Gasteiger partial charge in [0.15, 0.2) is 0 Å². The van der Waals surface area contributed by atoms with E-state index >= 15 is 0 Å². The van der Waals surface area contributed by atoms with Crippen molar-refractivity contribution in [3.05, 3.63) is 52.0 Å². The van der Waals surface area contributed by atoms with Crippen molar-refractivity contribution in [3.8, 4) is 5.69 Å². The smallest absolute Gasteiger partial charge is 0.205 e. The van der Waals surface area contributed by atoms with Crippen LogP contribution in [0.4, 0.5) is 5.95 Å². The van der Waals surface area contributed by atoms with E-state index in [9.17, 15) is 0 Å². The van der Waals surface area contributed by atoms with Crippen LogP contribution in [0, 0.1) is 6.92 Å². The maximum atomic E-state index is 6.29.